The number of ketones is 1. The van der Waals surface area contributed by atoms with E-state index in [0.29, 0.717) is 18.9 Å². The van der Waals surface area contributed by atoms with E-state index in [1.54, 1.807) is 4.68 Å². The number of nitrogens with zero attached hydrogens (tertiary/aromatic N) is 2. The summed E-state index contributed by atoms with van der Waals surface area (Å²) in [5.74, 6) is 0.369. The van der Waals surface area contributed by atoms with Gasteiger partial charge in [0.25, 0.3) is 0 Å². The summed E-state index contributed by atoms with van der Waals surface area (Å²) in [7, 11) is -1.02. The van der Waals surface area contributed by atoms with Crippen LogP contribution < -0.4 is 0 Å². The zero-order chi connectivity index (χ0) is 13.9. The predicted molar refractivity (Wildman–Crippen MR) is 77.9 cm³/mol. The molecule has 4 nitrogen and oxygen atoms in total. The van der Waals surface area contributed by atoms with Crippen LogP contribution >= 0.6 is 0 Å². The van der Waals surface area contributed by atoms with Crippen LogP contribution in [0.25, 0.3) is 0 Å². The highest BCUT2D eigenvalue weighted by Crippen LogP contribution is 2.29. The Kier molecular flexibility index (Phi) is 4.57. The van der Waals surface area contributed by atoms with E-state index in [1.165, 1.54) is 6.04 Å². The van der Waals surface area contributed by atoms with Crippen LogP contribution in [0.5, 0.6) is 0 Å². The van der Waals surface area contributed by atoms with Crippen LogP contribution in [-0.2, 0) is 16.3 Å². The molecule has 1 aromatic rings. The molecule has 0 N–H and O–H groups in total. The topological polar surface area (TPSA) is 44.1 Å². The van der Waals surface area contributed by atoms with Crippen LogP contribution in [0, 0.1) is 0 Å². The molecule has 5 heteroatoms. The van der Waals surface area contributed by atoms with Crippen LogP contribution in [0.2, 0.25) is 25.7 Å². The Labute approximate surface area is 116 Å². The van der Waals surface area contributed by atoms with Crippen molar-refractivity contribution in [1.29, 1.82) is 0 Å². The van der Waals surface area contributed by atoms with E-state index >= 15 is 0 Å². The molecule has 106 valence electrons. The second kappa shape index (κ2) is 6.01. The van der Waals surface area contributed by atoms with Crippen molar-refractivity contribution in [3.05, 3.63) is 18.0 Å². The van der Waals surface area contributed by atoms with Gasteiger partial charge >= 0.3 is 0 Å². The molecule has 2 rings (SSSR count). The third-order valence-electron chi connectivity index (χ3n) is 3.54. The zero-order valence-corrected chi connectivity index (χ0v) is 13.2. The Hall–Kier alpha value is -0.943. The summed E-state index contributed by atoms with van der Waals surface area (Å²) in [5, 5.41) is 4.46. The minimum Gasteiger partial charge on any atom is -0.360 e. The van der Waals surface area contributed by atoms with Crippen molar-refractivity contribution in [1.82, 2.24) is 9.78 Å². The monoisotopic (exact) mass is 280 g/mol. The third kappa shape index (κ3) is 4.28. The van der Waals surface area contributed by atoms with Crippen molar-refractivity contribution in [2.24, 2.45) is 0 Å². The number of aromatic nitrogens is 2. The van der Waals surface area contributed by atoms with Crippen molar-refractivity contribution >= 4 is 13.9 Å². The van der Waals surface area contributed by atoms with Crippen LogP contribution in [0.15, 0.2) is 12.3 Å². The van der Waals surface area contributed by atoms with E-state index in [9.17, 15) is 4.79 Å². The van der Waals surface area contributed by atoms with E-state index in [-0.39, 0.29) is 5.92 Å². The molecular formula is C14H24N2O2Si. The Balaban J connectivity index is 1.79. The van der Waals surface area contributed by atoms with E-state index < -0.39 is 8.07 Å². The van der Waals surface area contributed by atoms with Crippen molar-refractivity contribution in [3.8, 4) is 0 Å². The molecule has 1 heterocycles. The molecule has 0 spiro atoms. The first-order chi connectivity index (χ1) is 8.96. The number of hydrogen-bond donors (Lipinski definition) is 0. The molecular weight excluding hydrogens is 256 g/mol. The molecule has 1 saturated carbocycles. The van der Waals surface area contributed by atoms with Gasteiger partial charge in [0, 0.05) is 27.3 Å². The SMILES string of the molecule is C[Si](C)(C)CCOCn1ccc(C2CCCC2=O)n1. The van der Waals surface area contributed by atoms with E-state index in [0.717, 1.165) is 25.1 Å². The Bertz CT molecular complexity index is 437. The van der Waals surface area contributed by atoms with Gasteiger partial charge in [0.15, 0.2) is 0 Å². The lowest BCUT2D eigenvalue weighted by molar-refractivity contribution is -0.118. The molecule has 0 bridgehead atoms. The predicted octanol–water partition coefficient (Wildman–Crippen LogP) is 3.03. The summed E-state index contributed by atoms with van der Waals surface area (Å²) in [6.45, 7) is 8.31. The van der Waals surface area contributed by atoms with E-state index in [4.69, 9.17) is 4.74 Å². The minimum atomic E-state index is -1.02. The first-order valence-electron chi connectivity index (χ1n) is 7.09. The van der Waals surface area contributed by atoms with Crippen LogP contribution in [0.1, 0.15) is 30.9 Å². The molecule has 1 atom stereocenters. The average Bonchev–Trinajstić information content (AvgIpc) is 2.91. The first kappa shape index (κ1) is 14.5. The maximum atomic E-state index is 11.7. The van der Waals surface area contributed by atoms with Gasteiger partial charge in [-0.15, -0.1) is 0 Å². The highest BCUT2D eigenvalue weighted by Gasteiger charge is 2.27. The smallest absolute Gasteiger partial charge is 0.141 e. The maximum absolute atomic E-state index is 11.7. The van der Waals surface area contributed by atoms with Crippen molar-refractivity contribution in [2.75, 3.05) is 6.61 Å². The lowest BCUT2D eigenvalue weighted by Crippen LogP contribution is -2.22. The Morgan fingerprint density at radius 1 is 1.47 bits per heavy atom. The fourth-order valence-corrected chi connectivity index (χ4v) is 3.06. The molecule has 1 fully saturated rings. The van der Waals surface area contributed by atoms with Gasteiger partial charge in [0.1, 0.15) is 12.5 Å². The quantitative estimate of drug-likeness (QED) is 0.594. The van der Waals surface area contributed by atoms with Gasteiger partial charge < -0.3 is 4.74 Å². The molecule has 0 amide bonds. The van der Waals surface area contributed by atoms with Crippen LogP contribution in [0.4, 0.5) is 0 Å². The maximum Gasteiger partial charge on any atom is 0.141 e. The molecule has 0 saturated heterocycles. The summed E-state index contributed by atoms with van der Waals surface area (Å²) in [6.07, 6.45) is 4.58. The normalized spacial score (nSPS) is 20.2. The average molecular weight is 280 g/mol. The third-order valence-corrected chi connectivity index (χ3v) is 5.25. The van der Waals surface area contributed by atoms with E-state index in [1.807, 2.05) is 12.3 Å². The number of hydrogen-bond acceptors (Lipinski definition) is 3. The summed E-state index contributed by atoms with van der Waals surface area (Å²) in [6, 6.07) is 3.12. The lowest BCUT2D eigenvalue weighted by atomic mass is 10.0. The second-order valence-corrected chi connectivity index (χ2v) is 12.2. The molecule has 0 aromatic carbocycles. The lowest BCUT2D eigenvalue weighted by Gasteiger charge is -2.15. The highest BCUT2D eigenvalue weighted by atomic mass is 28.3. The van der Waals surface area contributed by atoms with Gasteiger partial charge in [-0.05, 0) is 25.0 Å². The summed E-state index contributed by atoms with van der Waals surface area (Å²) >= 11 is 0. The fraction of sp³-hybridized carbons (Fsp3) is 0.714. The standard InChI is InChI=1S/C14H24N2O2Si/c1-19(2,3)10-9-18-11-16-8-7-13(15-16)12-5-4-6-14(12)17/h7-8,12H,4-6,9-11H2,1-3H3. The van der Waals surface area contributed by atoms with Gasteiger partial charge in [-0.1, -0.05) is 19.6 Å². The Morgan fingerprint density at radius 3 is 2.89 bits per heavy atom. The number of carbonyl (C=O) groups excluding carboxylic acids is 1. The number of rotatable bonds is 6. The second-order valence-electron chi connectivity index (χ2n) is 6.54. The van der Waals surface area contributed by atoms with Gasteiger partial charge in [-0.2, -0.15) is 5.10 Å². The van der Waals surface area contributed by atoms with Crippen molar-refractivity contribution in [3.63, 3.8) is 0 Å². The Morgan fingerprint density at radius 2 is 2.26 bits per heavy atom. The summed E-state index contributed by atoms with van der Waals surface area (Å²) < 4.78 is 7.45. The molecule has 0 radical (unpaired) electrons. The highest BCUT2D eigenvalue weighted by molar-refractivity contribution is 6.76. The molecule has 1 unspecified atom stereocenters. The van der Waals surface area contributed by atoms with Gasteiger partial charge in [-0.3, -0.25) is 4.79 Å². The van der Waals surface area contributed by atoms with Gasteiger partial charge in [0.2, 0.25) is 0 Å². The first-order valence-corrected chi connectivity index (χ1v) is 10.8. The molecule has 19 heavy (non-hydrogen) atoms. The van der Waals surface area contributed by atoms with Gasteiger partial charge in [-0.25, -0.2) is 4.68 Å². The number of carbonyl (C=O) groups is 1. The minimum absolute atomic E-state index is 0.0308. The molecule has 1 aliphatic rings. The fourth-order valence-electron chi connectivity index (χ4n) is 2.30. The number of ether oxygens (including phenoxy) is 1. The molecule has 0 aliphatic heterocycles. The van der Waals surface area contributed by atoms with Crippen molar-refractivity contribution in [2.45, 2.75) is 57.6 Å². The van der Waals surface area contributed by atoms with Crippen molar-refractivity contribution < 1.29 is 9.53 Å². The van der Waals surface area contributed by atoms with E-state index in [2.05, 4.69) is 24.7 Å². The van der Waals surface area contributed by atoms with Crippen LogP contribution in [0.3, 0.4) is 0 Å². The summed E-state index contributed by atoms with van der Waals surface area (Å²) in [4.78, 5) is 11.7. The summed E-state index contributed by atoms with van der Waals surface area (Å²) in [5.41, 5.74) is 0.913. The largest absolute Gasteiger partial charge is 0.360 e. The zero-order valence-electron chi connectivity index (χ0n) is 12.2. The van der Waals surface area contributed by atoms with Gasteiger partial charge in [0.05, 0.1) is 11.6 Å². The molecule has 1 aromatic heterocycles. The number of Topliss-reactive ketones (excluding diaryl/α,β-unsaturated/α-hetero) is 1. The van der Waals surface area contributed by atoms with Crippen LogP contribution in [-0.4, -0.2) is 30.2 Å². The molecule has 1 aliphatic carbocycles.